The van der Waals surface area contributed by atoms with Gasteiger partial charge in [0.25, 0.3) is 0 Å². The summed E-state index contributed by atoms with van der Waals surface area (Å²) in [6, 6.07) is 11.0. The van der Waals surface area contributed by atoms with E-state index in [1.54, 1.807) is 11.3 Å². The Morgan fingerprint density at radius 2 is 2.15 bits per heavy atom. The molecule has 0 saturated carbocycles. The fourth-order valence-corrected chi connectivity index (χ4v) is 3.72. The molecule has 0 spiro atoms. The van der Waals surface area contributed by atoms with E-state index in [2.05, 4.69) is 54.1 Å². The molecule has 1 unspecified atom stereocenters. The third-order valence-corrected chi connectivity index (χ3v) is 4.77. The number of para-hydroxylation sites is 1. The summed E-state index contributed by atoms with van der Waals surface area (Å²) in [5.74, 6) is 1.41. The van der Waals surface area contributed by atoms with Crippen molar-refractivity contribution in [1.29, 1.82) is 0 Å². The topological polar surface area (TPSA) is 17.8 Å². The van der Waals surface area contributed by atoms with Gasteiger partial charge in [-0.05, 0) is 36.9 Å². The lowest BCUT2D eigenvalue weighted by Gasteiger charge is -2.16. The number of imidazole rings is 1. The van der Waals surface area contributed by atoms with Crippen molar-refractivity contribution < 1.29 is 0 Å². The summed E-state index contributed by atoms with van der Waals surface area (Å²) >= 11 is 7.90. The first-order valence-corrected chi connectivity index (χ1v) is 8.17. The molecule has 2 aromatic heterocycles. The molecule has 0 N–H and O–H groups in total. The van der Waals surface area contributed by atoms with Crippen LogP contribution in [0.1, 0.15) is 29.2 Å². The third-order valence-electron chi connectivity index (χ3n) is 3.63. The normalized spacial score (nSPS) is 12.9. The van der Waals surface area contributed by atoms with Crippen LogP contribution in [0, 0.1) is 6.92 Å². The molecular formula is C16H17ClN2S. The first kappa shape index (κ1) is 13.7. The smallest absolute Gasteiger partial charge is 0.125 e. The second-order valence-electron chi connectivity index (χ2n) is 5.11. The van der Waals surface area contributed by atoms with Gasteiger partial charge in [-0.2, -0.15) is 0 Å². The summed E-state index contributed by atoms with van der Waals surface area (Å²) < 4.78 is 2.29. The van der Waals surface area contributed by atoms with Crippen LogP contribution in [0.4, 0.5) is 0 Å². The minimum atomic E-state index is 0.356. The number of fused-ring (bicyclic) bond motifs is 1. The number of benzene rings is 1. The average molecular weight is 305 g/mol. The molecule has 3 rings (SSSR count). The quantitative estimate of drug-likeness (QED) is 0.624. The lowest BCUT2D eigenvalue weighted by atomic mass is 10.1. The summed E-state index contributed by atoms with van der Waals surface area (Å²) in [6.07, 6.45) is 1.01. The molecule has 0 bridgehead atoms. The number of nitrogens with zero attached hydrogens (tertiary/aromatic N) is 2. The van der Waals surface area contributed by atoms with Gasteiger partial charge < -0.3 is 4.57 Å². The van der Waals surface area contributed by atoms with E-state index < -0.39 is 0 Å². The van der Waals surface area contributed by atoms with Gasteiger partial charge in [0.1, 0.15) is 5.82 Å². The lowest BCUT2D eigenvalue weighted by molar-refractivity contribution is 0.547. The molecule has 2 heterocycles. The summed E-state index contributed by atoms with van der Waals surface area (Å²) in [5.41, 5.74) is 3.46. The molecule has 1 aromatic carbocycles. The van der Waals surface area contributed by atoms with Crippen molar-refractivity contribution in [1.82, 2.24) is 9.55 Å². The number of rotatable bonds is 4. The molecule has 0 aliphatic heterocycles. The maximum atomic E-state index is 6.10. The lowest BCUT2D eigenvalue weighted by Crippen LogP contribution is -2.10. The Bertz CT molecular complexity index is 715. The van der Waals surface area contributed by atoms with Crippen LogP contribution >= 0.6 is 22.9 Å². The number of alkyl halides is 1. The molecular weight excluding hydrogens is 288 g/mol. The maximum absolute atomic E-state index is 6.10. The number of aromatic nitrogens is 2. The van der Waals surface area contributed by atoms with Crippen molar-refractivity contribution in [3.8, 4) is 0 Å². The first-order valence-electron chi connectivity index (χ1n) is 6.75. The van der Waals surface area contributed by atoms with Gasteiger partial charge >= 0.3 is 0 Å². The molecule has 0 aliphatic carbocycles. The van der Waals surface area contributed by atoms with E-state index in [1.807, 2.05) is 0 Å². The molecule has 4 heteroatoms. The monoisotopic (exact) mass is 304 g/mol. The number of aryl methyl sites for hydroxylation is 1. The molecule has 0 fully saturated rings. The van der Waals surface area contributed by atoms with Gasteiger partial charge in [0.2, 0.25) is 0 Å². The van der Waals surface area contributed by atoms with Crippen LogP contribution in [0.25, 0.3) is 11.0 Å². The summed E-state index contributed by atoms with van der Waals surface area (Å²) in [6.45, 7) is 4.33. The molecule has 1 atom stereocenters. The van der Waals surface area contributed by atoms with Crippen LogP contribution in [-0.2, 0) is 12.3 Å². The van der Waals surface area contributed by atoms with Crippen LogP contribution in [-0.4, -0.2) is 9.55 Å². The summed E-state index contributed by atoms with van der Waals surface area (Å²) in [7, 11) is 0. The highest BCUT2D eigenvalue weighted by molar-refractivity contribution is 7.09. The summed E-state index contributed by atoms with van der Waals surface area (Å²) in [4.78, 5) is 6.11. The van der Waals surface area contributed by atoms with Crippen molar-refractivity contribution in [2.24, 2.45) is 0 Å². The minimum Gasteiger partial charge on any atom is -0.324 e. The van der Waals surface area contributed by atoms with Gasteiger partial charge in [-0.3, -0.25) is 0 Å². The second kappa shape index (κ2) is 5.58. The predicted molar refractivity (Wildman–Crippen MR) is 86.8 cm³/mol. The third kappa shape index (κ3) is 2.36. The van der Waals surface area contributed by atoms with Gasteiger partial charge in [0, 0.05) is 17.3 Å². The van der Waals surface area contributed by atoms with Crippen molar-refractivity contribution in [3.05, 3.63) is 52.0 Å². The largest absolute Gasteiger partial charge is 0.324 e. The van der Waals surface area contributed by atoms with E-state index in [0.29, 0.717) is 11.9 Å². The zero-order chi connectivity index (χ0) is 14.1. The first-order chi connectivity index (χ1) is 9.70. The molecule has 20 heavy (non-hydrogen) atoms. The van der Waals surface area contributed by atoms with Crippen molar-refractivity contribution in [2.75, 3.05) is 0 Å². The highest BCUT2D eigenvalue weighted by Gasteiger charge is 2.16. The van der Waals surface area contributed by atoms with Crippen LogP contribution in [0.15, 0.2) is 35.7 Å². The molecule has 104 valence electrons. The average Bonchev–Trinajstić information content (AvgIpc) is 3.05. The van der Waals surface area contributed by atoms with Gasteiger partial charge in [0.05, 0.1) is 16.9 Å². The van der Waals surface area contributed by atoms with E-state index >= 15 is 0 Å². The minimum absolute atomic E-state index is 0.356. The van der Waals surface area contributed by atoms with Crippen molar-refractivity contribution >= 4 is 34.0 Å². The van der Waals surface area contributed by atoms with E-state index in [-0.39, 0.29) is 0 Å². The predicted octanol–water partition coefficient (Wildman–Crippen LogP) is 4.95. The Morgan fingerprint density at radius 3 is 2.85 bits per heavy atom. The van der Waals surface area contributed by atoms with Gasteiger partial charge in [0.15, 0.2) is 0 Å². The molecule has 2 nitrogen and oxygen atoms in total. The summed E-state index contributed by atoms with van der Waals surface area (Å²) in [5, 5.41) is 2.13. The van der Waals surface area contributed by atoms with Crippen LogP contribution in [0.3, 0.4) is 0 Å². The fourth-order valence-electron chi connectivity index (χ4n) is 2.70. The number of thiophene rings is 1. The molecule has 0 saturated heterocycles. The highest BCUT2D eigenvalue weighted by atomic mass is 35.5. The van der Waals surface area contributed by atoms with Gasteiger partial charge in [-0.15, -0.1) is 22.9 Å². The molecule has 0 radical (unpaired) electrons. The maximum Gasteiger partial charge on any atom is 0.125 e. The Labute approximate surface area is 128 Å². The van der Waals surface area contributed by atoms with E-state index in [9.17, 15) is 0 Å². The standard InChI is InChI=1S/C16H17ClN2S/c1-11-5-3-7-14-16(11)18-15(10-17)19(14)12(2)9-13-6-4-8-20-13/h3-8,12H,9-10H2,1-2H3. The van der Waals surface area contributed by atoms with E-state index in [0.717, 1.165) is 17.8 Å². The Hall–Kier alpha value is -1.32. The number of halogens is 1. The fraction of sp³-hybridized carbons (Fsp3) is 0.312. The van der Waals surface area contributed by atoms with Crippen molar-refractivity contribution in [2.45, 2.75) is 32.2 Å². The highest BCUT2D eigenvalue weighted by Crippen LogP contribution is 2.27. The number of hydrogen-bond donors (Lipinski definition) is 0. The second-order valence-corrected chi connectivity index (χ2v) is 6.41. The van der Waals surface area contributed by atoms with Crippen LogP contribution < -0.4 is 0 Å². The SMILES string of the molecule is Cc1cccc2c1nc(CCl)n2C(C)Cc1cccs1. The zero-order valence-corrected chi connectivity index (χ0v) is 13.2. The van der Waals surface area contributed by atoms with Gasteiger partial charge in [-0.25, -0.2) is 4.98 Å². The van der Waals surface area contributed by atoms with E-state index in [4.69, 9.17) is 16.6 Å². The Kier molecular flexibility index (Phi) is 3.81. The van der Waals surface area contributed by atoms with E-state index in [1.165, 1.54) is 16.0 Å². The Morgan fingerprint density at radius 1 is 1.30 bits per heavy atom. The Balaban J connectivity index is 2.07. The molecule has 3 aromatic rings. The van der Waals surface area contributed by atoms with Crippen LogP contribution in [0.2, 0.25) is 0 Å². The zero-order valence-electron chi connectivity index (χ0n) is 11.6. The van der Waals surface area contributed by atoms with Crippen LogP contribution in [0.5, 0.6) is 0 Å². The number of hydrogen-bond acceptors (Lipinski definition) is 2. The molecule has 0 aliphatic rings. The molecule has 0 amide bonds. The van der Waals surface area contributed by atoms with Crippen molar-refractivity contribution in [3.63, 3.8) is 0 Å². The van der Waals surface area contributed by atoms with Gasteiger partial charge in [-0.1, -0.05) is 18.2 Å².